The molecule has 0 aromatic rings. The lowest BCUT2D eigenvalue weighted by atomic mass is 10.2. The average molecular weight is 159 g/mol. The minimum absolute atomic E-state index is 0.0208. The first-order valence-electron chi connectivity index (χ1n) is 4.06. The van der Waals surface area contributed by atoms with Gasteiger partial charge in [-0.25, -0.2) is 9.78 Å². The van der Waals surface area contributed by atoms with Crippen LogP contribution in [0.25, 0.3) is 0 Å². The molecule has 11 heavy (non-hydrogen) atoms. The van der Waals surface area contributed by atoms with Crippen molar-refractivity contribution in [1.82, 2.24) is 5.06 Å². The predicted octanol–water partition coefficient (Wildman–Crippen LogP) is 1.04. The summed E-state index contributed by atoms with van der Waals surface area (Å²) in [4.78, 5) is 15.3. The number of nitrogens with zero attached hydrogens (tertiary/aromatic N) is 1. The molecular formula is C7H13NO3. The molecule has 0 aromatic heterocycles. The van der Waals surface area contributed by atoms with Crippen LogP contribution in [0, 0.1) is 0 Å². The molecule has 2 heterocycles. The summed E-state index contributed by atoms with van der Waals surface area (Å²) in [7, 11) is 1.66. The Labute approximate surface area is 65.9 Å². The van der Waals surface area contributed by atoms with Crippen molar-refractivity contribution in [2.75, 3.05) is 7.11 Å². The Morgan fingerprint density at radius 1 is 1.18 bits per heavy atom. The Balaban J connectivity index is 2.06. The van der Waals surface area contributed by atoms with Crippen LogP contribution in [0.3, 0.4) is 0 Å². The summed E-state index contributed by atoms with van der Waals surface area (Å²) in [6.07, 6.45) is 4.45. The van der Waals surface area contributed by atoms with Crippen molar-refractivity contribution in [3.63, 3.8) is 0 Å². The maximum atomic E-state index is 5.14. The van der Waals surface area contributed by atoms with Crippen molar-refractivity contribution < 1.29 is 14.6 Å². The predicted molar refractivity (Wildman–Crippen MR) is 37.1 cm³/mol. The third-order valence-corrected chi connectivity index (χ3v) is 2.21. The molecule has 0 aliphatic carbocycles. The van der Waals surface area contributed by atoms with E-state index < -0.39 is 0 Å². The molecule has 2 fully saturated rings. The summed E-state index contributed by atoms with van der Waals surface area (Å²) in [6.45, 7) is 0. The van der Waals surface area contributed by atoms with Crippen molar-refractivity contribution in [2.45, 2.75) is 38.1 Å². The lowest BCUT2D eigenvalue weighted by Gasteiger charge is -2.18. The van der Waals surface area contributed by atoms with E-state index in [9.17, 15) is 0 Å². The summed E-state index contributed by atoms with van der Waals surface area (Å²) in [5, 5.41) is 1.80. The Morgan fingerprint density at radius 3 is 2.18 bits per heavy atom. The van der Waals surface area contributed by atoms with E-state index in [2.05, 4.69) is 0 Å². The highest BCUT2D eigenvalue weighted by molar-refractivity contribution is 4.68. The fourth-order valence-corrected chi connectivity index (χ4v) is 1.62. The first-order chi connectivity index (χ1) is 5.42. The van der Waals surface area contributed by atoms with Crippen LogP contribution in [-0.2, 0) is 14.6 Å². The van der Waals surface area contributed by atoms with Gasteiger partial charge in [-0.05, 0) is 25.7 Å². The zero-order valence-electron chi connectivity index (χ0n) is 6.66. The van der Waals surface area contributed by atoms with Crippen molar-refractivity contribution in [2.24, 2.45) is 0 Å². The number of hydroxylamine groups is 2. The van der Waals surface area contributed by atoms with Crippen LogP contribution in [-0.4, -0.2) is 24.6 Å². The van der Waals surface area contributed by atoms with Gasteiger partial charge in [0.2, 0.25) is 0 Å². The fourth-order valence-electron chi connectivity index (χ4n) is 1.62. The number of rotatable bonds is 1. The molecule has 2 saturated heterocycles. The maximum Gasteiger partial charge on any atom is 0.171 e. The van der Waals surface area contributed by atoms with Gasteiger partial charge in [0.25, 0.3) is 0 Å². The van der Waals surface area contributed by atoms with Crippen molar-refractivity contribution in [1.29, 1.82) is 0 Å². The van der Waals surface area contributed by atoms with E-state index in [0.29, 0.717) is 0 Å². The molecule has 0 saturated carbocycles. The molecule has 2 bridgehead atoms. The van der Waals surface area contributed by atoms with Crippen molar-refractivity contribution >= 4 is 0 Å². The lowest BCUT2D eigenvalue weighted by molar-refractivity contribution is -0.301. The van der Waals surface area contributed by atoms with E-state index >= 15 is 0 Å². The molecule has 0 amide bonds. The molecule has 2 rings (SSSR count). The third-order valence-electron chi connectivity index (χ3n) is 2.21. The minimum Gasteiger partial charge on any atom is -0.297 e. The minimum atomic E-state index is 0.0208. The van der Waals surface area contributed by atoms with Crippen LogP contribution in [0.2, 0.25) is 0 Å². The van der Waals surface area contributed by atoms with Gasteiger partial charge in [-0.3, -0.25) is 4.84 Å². The van der Waals surface area contributed by atoms with Gasteiger partial charge < -0.3 is 0 Å². The molecule has 64 valence electrons. The van der Waals surface area contributed by atoms with Gasteiger partial charge >= 0.3 is 0 Å². The van der Waals surface area contributed by atoms with Crippen LogP contribution >= 0.6 is 0 Å². The van der Waals surface area contributed by atoms with Crippen LogP contribution in [0.15, 0.2) is 0 Å². The second kappa shape index (κ2) is 3.06. The Kier molecular flexibility index (Phi) is 2.09. The fraction of sp³-hybridized carbons (Fsp3) is 1.00. The largest absolute Gasteiger partial charge is 0.297 e. The van der Waals surface area contributed by atoms with E-state index in [0.717, 1.165) is 12.8 Å². The van der Waals surface area contributed by atoms with Crippen LogP contribution in [0.4, 0.5) is 0 Å². The summed E-state index contributed by atoms with van der Waals surface area (Å²) < 4.78 is 0. The second-order valence-electron chi connectivity index (χ2n) is 2.93. The summed E-state index contributed by atoms with van der Waals surface area (Å²) >= 11 is 0. The van der Waals surface area contributed by atoms with Crippen LogP contribution < -0.4 is 0 Å². The molecule has 2 aliphatic heterocycles. The van der Waals surface area contributed by atoms with Gasteiger partial charge in [0, 0.05) is 0 Å². The van der Waals surface area contributed by atoms with E-state index in [-0.39, 0.29) is 12.5 Å². The molecular weight excluding hydrogens is 146 g/mol. The topological polar surface area (TPSA) is 30.9 Å². The molecule has 0 aromatic carbocycles. The smallest absolute Gasteiger partial charge is 0.171 e. The van der Waals surface area contributed by atoms with Gasteiger partial charge in [0.15, 0.2) is 12.5 Å². The standard InChI is InChI=1S/C7H13NO3/c1-9-8-6-4-2-3-5-7(8)11-10-6/h6-7H,2-5H2,1H3. The van der Waals surface area contributed by atoms with E-state index in [1.807, 2.05) is 0 Å². The normalized spacial score (nSPS) is 39.0. The zero-order chi connectivity index (χ0) is 7.68. The average Bonchev–Trinajstić information content (AvgIpc) is 2.23. The van der Waals surface area contributed by atoms with Gasteiger partial charge in [-0.1, -0.05) is 0 Å². The quantitative estimate of drug-likeness (QED) is 0.535. The number of fused-ring (bicyclic) bond motifs is 2. The van der Waals surface area contributed by atoms with Gasteiger partial charge in [0.1, 0.15) is 0 Å². The van der Waals surface area contributed by atoms with E-state index in [4.69, 9.17) is 14.6 Å². The van der Waals surface area contributed by atoms with E-state index in [1.54, 1.807) is 12.2 Å². The third kappa shape index (κ3) is 1.27. The lowest BCUT2D eigenvalue weighted by Crippen LogP contribution is -2.33. The second-order valence-corrected chi connectivity index (χ2v) is 2.93. The maximum absolute atomic E-state index is 5.14. The highest BCUT2D eigenvalue weighted by atomic mass is 17.2. The van der Waals surface area contributed by atoms with Crippen molar-refractivity contribution in [3.8, 4) is 0 Å². The highest BCUT2D eigenvalue weighted by Crippen LogP contribution is 2.29. The molecule has 4 heteroatoms. The zero-order valence-corrected chi connectivity index (χ0v) is 6.66. The van der Waals surface area contributed by atoms with E-state index in [1.165, 1.54) is 12.8 Å². The Morgan fingerprint density at radius 2 is 1.73 bits per heavy atom. The molecule has 0 radical (unpaired) electrons. The number of hydrogen-bond donors (Lipinski definition) is 0. The molecule has 2 unspecified atom stereocenters. The first-order valence-corrected chi connectivity index (χ1v) is 4.06. The van der Waals surface area contributed by atoms with Gasteiger partial charge in [-0.15, -0.1) is 5.06 Å². The molecule has 2 atom stereocenters. The Bertz CT molecular complexity index is 128. The summed E-state index contributed by atoms with van der Waals surface area (Å²) in [6, 6.07) is 0. The Hall–Kier alpha value is -0.160. The summed E-state index contributed by atoms with van der Waals surface area (Å²) in [5.41, 5.74) is 0. The monoisotopic (exact) mass is 159 g/mol. The molecule has 0 spiro atoms. The summed E-state index contributed by atoms with van der Waals surface area (Å²) in [5.74, 6) is 0. The molecule has 4 nitrogen and oxygen atoms in total. The van der Waals surface area contributed by atoms with Gasteiger partial charge in [0.05, 0.1) is 7.11 Å². The van der Waals surface area contributed by atoms with Crippen LogP contribution in [0.1, 0.15) is 25.7 Å². The molecule has 0 N–H and O–H groups in total. The SMILES string of the molecule is CON1C2CCCCC1OO2. The van der Waals surface area contributed by atoms with Crippen LogP contribution in [0.5, 0.6) is 0 Å². The first kappa shape index (κ1) is 7.49. The number of hydrogen-bond acceptors (Lipinski definition) is 4. The highest BCUT2D eigenvalue weighted by Gasteiger charge is 2.38. The van der Waals surface area contributed by atoms with Crippen molar-refractivity contribution in [3.05, 3.63) is 0 Å². The molecule has 2 aliphatic rings. The van der Waals surface area contributed by atoms with Gasteiger partial charge in [-0.2, -0.15) is 0 Å².